The Hall–Kier alpha value is -2.96. The molecule has 1 aliphatic heterocycles. The third kappa shape index (κ3) is 10.8. The molecule has 1 N–H and O–H groups in total. The van der Waals surface area contributed by atoms with Gasteiger partial charge in [-0.1, -0.05) is 69.6 Å². The number of aromatic nitrogens is 1. The highest BCUT2D eigenvalue weighted by Crippen LogP contribution is 2.34. The van der Waals surface area contributed by atoms with Gasteiger partial charge >= 0.3 is 0 Å². The normalized spacial score (nSPS) is 15.8. The molecule has 1 aromatic heterocycles. The van der Waals surface area contributed by atoms with Crippen molar-refractivity contribution in [3.63, 3.8) is 0 Å². The molecule has 0 unspecified atom stereocenters. The molecule has 0 radical (unpaired) electrons. The molecule has 0 atom stereocenters. The Balaban J connectivity index is 2.00. The van der Waals surface area contributed by atoms with Crippen LogP contribution < -0.4 is 10.1 Å². The fraction of sp³-hybridized carbons (Fsp3) is 0.486. The number of thiazole rings is 1. The highest BCUT2D eigenvalue weighted by atomic mass is 32.1. The highest BCUT2D eigenvalue weighted by Gasteiger charge is 2.20. The molecule has 1 aliphatic rings. The van der Waals surface area contributed by atoms with Crippen LogP contribution in [0.15, 0.2) is 71.0 Å². The zero-order valence-electron chi connectivity index (χ0n) is 26.0. The van der Waals surface area contributed by atoms with Gasteiger partial charge in [-0.2, -0.15) is 0 Å². The summed E-state index contributed by atoms with van der Waals surface area (Å²) in [7, 11) is 0. The van der Waals surface area contributed by atoms with E-state index in [1.807, 2.05) is 12.4 Å². The van der Waals surface area contributed by atoms with Gasteiger partial charge in [0.05, 0.1) is 13.2 Å². The van der Waals surface area contributed by atoms with Crippen molar-refractivity contribution < 1.29 is 9.47 Å². The number of nitrogens with one attached hydrogen (secondary N) is 1. The van der Waals surface area contributed by atoms with E-state index in [-0.39, 0.29) is 6.10 Å². The summed E-state index contributed by atoms with van der Waals surface area (Å²) in [5.41, 5.74) is 5.71. The van der Waals surface area contributed by atoms with Gasteiger partial charge in [-0.05, 0) is 57.7 Å². The number of unbranched alkanes of at least 4 members (excludes halogenated alkanes) is 2. The summed E-state index contributed by atoms with van der Waals surface area (Å²) in [6.45, 7) is 15.1. The molecule has 0 saturated carbocycles. The van der Waals surface area contributed by atoms with E-state index >= 15 is 0 Å². The lowest BCUT2D eigenvalue weighted by molar-refractivity contribution is 0.0253. The van der Waals surface area contributed by atoms with Crippen LogP contribution in [0, 0.1) is 13.8 Å². The molecule has 0 amide bonds. The number of ether oxygens (including phenoxy) is 2. The second-order valence-electron chi connectivity index (χ2n) is 10.6. The lowest BCUT2D eigenvalue weighted by Gasteiger charge is -2.25. The Morgan fingerprint density at radius 1 is 1.10 bits per heavy atom. The maximum Gasteiger partial charge on any atom is 0.133 e. The number of amidine groups is 1. The molecule has 0 spiro atoms. The van der Waals surface area contributed by atoms with E-state index < -0.39 is 0 Å². The summed E-state index contributed by atoms with van der Waals surface area (Å²) in [5.74, 6) is 1.74. The number of aliphatic imine (C=N–C) groups is 1. The molecule has 5 nitrogen and oxygen atoms in total. The summed E-state index contributed by atoms with van der Waals surface area (Å²) in [4.78, 5) is 10.8. The van der Waals surface area contributed by atoms with Crippen molar-refractivity contribution in [2.24, 2.45) is 4.99 Å². The number of allylic oxidation sites excluding steroid dienone is 5. The van der Waals surface area contributed by atoms with Crippen LogP contribution in [0.25, 0.3) is 10.6 Å². The van der Waals surface area contributed by atoms with Crippen molar-refractivity contribution in [1.29, 1.82) is 0 Å². The lowest BCUT2D eigenvalue weighted by atomic mass is 10.0. The quantitative estimate of drug-likeness (QED) is 0.139. The third-order valence-electron chi connectivity index (χ3n) is 6.95. The summed E-state index contributed by atoms with van der Waals surface area (Å²) < 4.78 is 12.2. The molecule has 0 bridgehead atoms. The first kappa shape index (κ1) is 32.6. The number of aryl methyl sites for hydroxylation is 1. The van der Waals surface area contributed by atoms with Crippen molar-refractivity contribution in [2.45, 2.75) is 92.6 Å². The maximum atomic E-state index is 6.62. The van der Waals surface area contributed by atoms with Crippen LogP contribution in [0.1, 0.15) is 88.6 Å². The molecule has 1 aromatic carbocycles. The van der Waals surface area contributed by atoms with Gasteiger partial charge in [0.1, 0.15) is 22.7 Å². The predicted octanol–water partition coefficient (Wildman–Crippen LogP) is 9.27. The zero-order valence-corrected chi connectivity index (χ0v) is 26.8. The molecule has 3 rings (SSSR count). The number of hydrogen-bond acceptors (Lipinski definition) is 5. The Bertz CT molecular complexity index is 1250. The van der Waals surface area contributed by atoms with Crippen LogP contribution in [0.2, 0.25) is 0 Å². The van der Waals surface area contributed by atoms with Crippen molar-refractivity contribution in [3.05, 3.63) is 82.1 Å². The summed E-state index contributed by atoms with van der Waals surface area (Å²) in [6.07, 6.45) is 22.3. The SMILES string of the molecule is CC/C=C(/C=C\C(C)=C\CCC)CN/C(=N/C=C/CCC)c1cc(-c2ncc(C)s2)cc(OC2CCOCC2)c1C. The average Bonchev–Trinajstić information content (AvgIpc) is 3.42. The molecule has 6 heteroatoms. The van der Waals surface area contributed by atoms with Crippen molar-refractivity contribution in [2.75, 3.05) is 19.8 Å². The van der Waals surface area contributed by atoms with Gasteiger partial charge in [-0.3, -0.25) is 0 Å². The van der Waals surface area contributed by atoms with Gasteiger partial charge in [0.2, 0.25) is 0 Å². The number of benzene rings is 1. The topological polar surface area (TPSA) is 55.7 Å². The first-order chi connectivity index (χ1) is 19.9. The second-order valence-corrected chi connectivity index (χ2v) is 11.8. The average molecular weight is 576 g/mol. The zero-order chi connectivity index (χ0) is 29.5. The minimum atomic E-state index is 0.148. The van der Waals surface area contributed by atoms with Crippen LogP contribution >= 0.6 is 11.3 Å². The Labute approximate surface area is 252 Å². The van der Waals surface area contributed by atoms with Crippen molar-refractivity contribution in [1.82, 2.24) is 10.3 Å². The number of hydrogen-bond donors (Lipinski definition) is 1. The summed E-state index contributed by atoms with van der Waals surface area (Å²) >= 11 is 1.70. The van der Waals surface area contributed by atoms with E-state index in [0.29, 0.717) is 6.54 Å². The van der Waals surface area contributed by atoms with Crippen LogP contribution in [0.5, 0.6) is 5.75 Å². The third-order valence-corrected chi connectivity index (χ3v) is 7.91. The summed E-state index contributed by atoms with van der Waals surface area (Å²) in [5, 5.41) is 4.68. The van der Waals surface area contributed by atoms with E-state index in [1.54, 1.807) is 11.3 Å². The van der Waals surface area contributed by atoms with Crippen LogP contribution in [0.4, 0.5) is 0 Å². The van der Waals surface area contributed by atoms with E-state index in [4.69, 9.17) is 19.5 Å². The van der Waals surface area contributed by atoms with Crippen LogP contribution in [-0.4, -0.2) is 36.7 Å². The fourth-order valence-corrected chi connectivity index (χ4v) is 5.30. The van der Waals surface area contributed by atoms with Gasteiger partial charge < -0.3 is 14.8 Å². The molecular weight excluding hydrogens is 526 g/mol. The van der Waals surface area contributed by atoms with Crippen molar-refractivity contribution >= 4 is 17.2 Å². The second kappa shape index (κ2) is 17.8. The van der Waals surface area contributed by atoms with E-state index in [1.165, 1.54) is 16.0 Å². The Kier molecular flexibility index (Phi) is 14.1. The highest BCUT2D eigenvalue weighted by molar-refractivity contribution is 7.14. The first-order valence-electron chi connectivity index (χ1n) is 15.3. The van der Waals surface area contributed by atoms with Crippen LogP contribution in [-0.2, 0) is 4.74 Å². The van der Waals surface area contributed by atoms with Crippen LogP contribution in [0.3, 0.4) is 0 Å². The minimum absolute atomic E-state index is 0.148. The molecule has 41 heavy (non-hydrogen) atoms. The fourth-order valence-electron chi connectivity index (χ4n) is 4.55. The standard InChI is InChI=1S/C35H49N3O2S/c1-7-10-12-19-36-34(37-25-29(13-9-3)16-15-26(4)14-11-8-2)32-22-30(35-38-24-27(5)41-35)23-33(28(32)6)40-31-17-20-39-21-18-31/h12-16,19,22-24,31H,7-11,17-18,20-21,25H2,1-6H3,(H,36,37)/b16-15-,19-12+,26-14+,29-13-. The monoisotopic (exact) mass is 575 g/mol. The molecule has 0 aliphatic carbocycles. The van der Waals surface area contributed by atoms with Crippen molar-refractivity contribution in [3.8, 4) is 16.3 Å². The van der Waals surface area contributed by atoms with E-state index in [9.17, 15) is 0 Å². The molecule has 222 valence electrons. The molecule has 2 aromatic rings. The summed E-state index contributed by atoms with van der Waals surface area (Å²) in [6, 6.07) is 4.36. The Morgan fingerprint density at radius 2 is 1.88 bits per heavy atom. The van der Waals surface area contributed by atoms with Gasteiger partial charge in [0, 0.05) is 53.4 Å². The van der Waals surface area contributed by atoms with Gasteiger partial charge in [0.15, 0.2) is 0 Å². The Morgan fingerprint density at radius 3 is 2.56 bits per heavy atom. The first-order valence-corrected chi connectivity index (χ1v) is 16.1. The number of nitrogens with zero attached hydrogens (tertiary/aromatic N) is 2. The number of rotatable bonds is 14. The molecule has 1 saturated heterocycles. The lowest BCUT2D eigenvalue weighted by Crippen LogP contribution is -2.28. The van der Waals surface area contributed by atoms with Gasteiger partial charge in [0.25, 0.3) is 0 Å². The molecule has 2 heterocycles. The van der Waals surface area contributed by atoms with Gasteiger partial charge in [-0.15, -0.1) is 11.3 Å². The molecule has 1 fully saturated rings. The van der Waals surface area contributed by atoms with E-state index in [2.05, 4.69) is 89.4 Å². The molecular formula is C35H49N3O2S. The van der Waals surface area contributed by atoms with E-state index in [0.717, 1.165) is 91.4 Å². The minimum Gasteiger partial charge on any atom is -0.490 e. The largest absolute Gasteiger partial charge is 0.490 e. The van der Waals surface area contributed by atoms with Gasteiger partial charge in [-0.25, -0.2) is 9.98 Å². The smallest absolute Gasteiger partial charge is 0.133 e. The predicted molar refractivity (Wildman–Crippen MR) is 176 cm³/mol. The maximum absolute atomic E-state index is 6.62.